The Kier molecular flexibility index (Phi) is 4.37. The van der Waals surface area contributed by atoms with E-state index in [9.17, 15) is 4.79 Å². The molecule has 0 aliphatic heterocycles. The summed E-state index contributed by atoms with van der Waals surface area (Å²) in [6.45, 7) is 0.613. The largest absolute Gasteiger partial charge is 0.397 e. The van der Waals surface area contributed by atoms with Crippen molar-refractivity contribution < 1.29 is 4.79 Å². The molecule has 0 unspecified atom stereocenters. The van der Waals surface area contributed by atoms with E-state index in [4.69, 9.17) is 12.2 Å². The molecule has 0 fully saturated rings. The molecule has 0 aliphatic rings. The first-order valence-electron chi connectivity index (χ1n) is 6.08. The van der Waals surface area contributed by atoms with Gasteiger partial charge in [0.25, 0.3) is 5.91 Å². The molecule has 0 atom stereocenters. The van der Waals surface area contributed by atoms with E-state index in [0.717, 1.165) is 29.5 Å². The molecule has 0 aromatic carbocycles. The highest BCUT2D eigenvalue weighted by molar-refractivity contribution is 7.21. The van der Waals surface area contributed by atoms with Crippen molar-refractivity contribution in [3.63, 3.8) is 0 Å². The Bertz CT molecular complexity index is 627. The summed E-state index contributed by atoms with van der Waals surface area (Å²) in [5, 5.41) is 3.69. The lowest BCUT2D eigenvalue weighted by Gasteiger charge is -2.03. The smallest absolute Gasteiger partial charge is 0.263 e. The van der Waals surface area contributed by atoms with Crippen molar-refractivity contribution in [1.29, 1.82) is 0 Å². The highest BCUT2D eigenvalue weighted by Gasteiger charge is 2.16. The van der Waals surface area contributed by atoms with Crippen LogP contribution < -0.4 is 11.1 Å². The number of anilines is 1. The third-order valence-electron chi connectivity index (χ3n) is 2.74. The highest BCUT2D eigenvalue weighted by atomic mass is 32.1. The van der Waals surface area contributed by atoms with Crippen LogP contribution >= 0.6 is 11.3 Å². The number of fused-ring (bicyclic) bond motifs is 1. The number of carbonyl (C=O) groups excluding carboxylic acids is 1. The molecular formula is C14H15N3OS. The van der Waals surface area contributed by atoms with Crippen molar-refractivity contribution in [3.8, 4) is 12.3 Å². The molecule has 98 valence electrons. The number of nitrogens with one attached hydrogen (secondary N) is 1. The lowest BCUT2D eigenvalue weighted by atomic mass is 10.2. The summed E-state index contributed by atoms with van der Waals surface area (Å²) in [4.78, 5) is 17.5. The van der Waals surface area contributed by atoms with E-state index in [2.05, 4.69) is 16.2 Å². The summed E-state index contributed by atoms with van der Waals surface area (Å²) in [5.74, 6) is 2.44. The van der Waals surface area contributed by atoms with Crippen molar-refractivity contribution in [1.82, 2.24) is 10.3 Å². The van der Waals surface area contributed by atoms with Gasteiger partial charge in [0.05, 0.1) is 5.69 Å². The molecule has 0 saturated heterocycles. The lowest BCUT2D eigenvalue weighted by molar-refractivity contribution is 0.0958. The van der Waals surface area contributed by atoms with Gasteiger partial charge in [-0.1, -0.05) is 0 Å². The molecule has 3 N–H and O–H groups in total. The fourth-order valence-electron chi connectivity index (χ4n) is 1.75. The van der Waals surface area contributed by atoms with Crippen LogP contribution in [0.4, 0.5) is 5.69 Å². The molecule has 4 nitrogen and oxygen atoms in total. The van der Waals surface area contributed by atoms with E-state index in [-0.39, 0.29) is 5.91 Å². The first-order valence-corrected chi connectivity index (χ1v) is 6.90. The third kappa shape index (κ3) is 3.04. The van der Waals surface area contributed by atoms with Gasteiger partial charge in [0, 0.05) is 24.5 Å². The van der Waals surface area contributed by atoms with E-state index >= 15 is 0 Å². The maximum Gasteiger partial charge on any atom is 0.263 e. The average Bonchev–Trinajstić information content (AvgIpc) is 2.76. The molecule has 2 rings (SSSR count). The quantitative estimate of drug-likeness (QED) is 0.649. The predicted octanol–water partition coefficient (Wildman–Crippen LogP) is 2.41. The Labute approximate surface area is 116 Å². The van der Waals surface area contributed by atoms with Gasteiger partial charge in [0.15, 0.2) is 0 Å². The van der Waals surface area contributed by atoms with Gasteiger partial charge in [-0.3, -0.25) is 4.79 Å². The summed E-state index contributed by atoms with van der Waals surface area (Å²) in [6.07, 6.45) is 9.39. The van der Waals surface area contributed by atoms with Gasteiger partial charge in [0.2, 0.25) is 0 Å². The summed E-state index contributed by atoms with van der Waals surface area (Å²) >= 11 is 1.32. The number of rotatable bonds is 5. The van der Waals surface area contributed by atoms with Gasteiger partial charge >= 0.3 is 0 Å². The molecule has 1 amide bonds. The second-order valence-corrected chi connectivity index (χ2v) is 5.12. The number of aromatic nitrogens is 1. The Hall–Kier alpha value is -2.06. The number of carbonyl (C=O) groups is 1. The van der Waals surface area contributed by atoms with E-state index in [1.807, 2.05) is 12.1 Å². The fourth-order valence-corrected chi connectivity index (χ4v) is 2.73. The van der Waals surface area contributed by atoms with E-state index in [1.165, 1.54) is 11.3 Å². The number of hydrogen-bond acceptors (Lipinski definition) is 4. The minimum absolute atomic E-state index is 0.138. The van der Waals surface area contributed by atoms with Gasteiger partial charge in [0.1, 0.15) is 9.71 Å². The molecule has 5 heteroatoms. The van der Waals surface area contributed by atoms with E-state index < -0.39 is 0 Å². The fraction of sp³-hybridized carbons (Fsp3) is 0.286. The van der Waals surface area contributed by atoms with E-state index in [1.54, 1.807) is 6.20 Å². The van der Waals surface area contributed by atoms with Crippen LogP contribution in [0.2, 0.25) is 0 Å². The van der Waals surface area contributed by atoms with Crippen molar-refractivity contribution in [2.24, 2.45) is 0 Å². The van der Waals surface area contributed by atoms with Crippen LogP contribution in [-0.2, 0) is 0 Å². The lowest BCUT2D eigenvalue weighted by Crippen LogP contribution is -2.24. The van der Waals surface area contributed by atoms with Gasteiger partial charge in [-0.05, 0) is 25.0 Å². The molecule has 0 radical (unpaired) electrons. The van der Waals surface area contributed by atoms with Crippen molar-refractivity contribution >= 4 is 33.1 Å². The standard InChI is InChI=1S/C14H15N3OS/c1-2-3-4-5-8-16-13(18)12-11(15)10-7-6-9-17-14(10)19-12/h1,6-7,9H,3-5,8,15H2,(H,16,18). The van der Waals surface area contributed by atoms with Gasteiger partial charge in [-0.25, -0.2) is 4.98 Å². The topological polar surface area (TPSA) is 68.0 Å². The molecule has 0 bridgehead atoms. The minimum atomic E-state index is -0.138. The van der Waals surface area contributed by atoms with Crippen LogP contribution in [0.25, 0.3) is 10.2 Å². The zero-order valence-corrected chi connectivity index (χ0v) is 11.3. The average molecular weight is 273 g/mol. The molecule has 0 saturated carbocycles. The summed E-state index contributed by atoms with van der Waals surface area (Å²) < 4.78 is 0. The van der Waals surface area contributed by atoms with Crippen LogP contribution in [-0.4, -0.2) is 17.4 Å². The second-order valence-electron chi connectivity index (χ2n) is 4.12. The summed E-state index contributed by atoms with van der Waals surface area (Å²) in [7, 11) is 0. The summed E-state index contributed by atoms with van der Waals surface area (Å²) in [6, 6.07) is 3.69. The van der Waals surface area contributed by atoms with Crippen LogP contribution in [0, 0.1) is 12.3 Å². The number of hydrogen-bond donors (Lipinski definition) is 2. The van der Waals surface area contributed by atoms with E-state index in [0.29, 0.717) is 17.1 Å². The first-order chi connectivity index (χ1) is 9.24. The zero-order valence-electron chi connectivity index (χ0n) is 10.5. The number of nitrogens with zero attached hydrogens (tertiary/aromatic N) is 1. The second kappa shape index (κ2) is 6.21. The molecule has 2 heterocycles. The zero-order chi connectivity index (χ0) is 13.7. The van der Waals surface area contributed by atoms with Crippen molar-refractivity contribution in [3.05, 3.63) is 23.2 Å². The number of terminal acetylenes is 1. The van der Waals surface area contributed by atoms with Crippen molar-refractivity contribution in [2.45, 2.75) is 19.3 Å². The number of thiophene rings is 1. The monoisotopic (exact) mass is 273 g/mol. The van der Waals surface area contributed by atoms with Gasteiger partial charge in [-0.2, -0.15) is 0 Å². The molecule has 19 heavy (non-hydrogen) atoms. The number of amides is 1. The molecule has 2 aromatic rings. The molecule has 0 aliphatic carbocycles. The normalized spacial score (nSPS) is 10.3. The molecule has 0 spiro atoms. The molecule has 2 aromatic heterocycles. The number of nitrogen functional groups attached to an aromatic ring is 1. The van der Waals surface area contributed by atoms with Crippen molar-refractivity contribution in [2.75, 3.05) is 12.3 Å². The Morgan fingerprint density at radius 2 is 2.37 bits per heavy atom. The predicted molar refractivity (Wildman–Crippen MR) is 79.0 cm³/mol. The first kappa shape index (κ1) is 13.4. The SMILES string of the molecule is C#CCCCCNC(=O)c1sc2ncccc2c1N. The Morgan fingerprint density at radius 3 is 3.11 bits per heavy atom. The highest BCUT2D eigenvalue weighted by Crippen LogP contribution is 2.31. The van der Waals surface area contributed by atoms with Crippen LogP contribution in [0.15, 0.2) is 18.3 Å². The van der Waals surface area contributed by atoms with Crippen LogP contribution in [0.5, 0.6) is 0 Å². The number of pyridine rings is 1. The van der Waals surface area contributed by atoms with Crippen LogP contribution in [0.3, 0.4) is 0 Å². The number of unbranched alkanes of at least 4 members (excludes halogenated alkanes) is 2. The maximum absolute atomic E-state index is 12.0. The maximum atomic E-state index is 12.0. The minimum Gasteiger partial charge on any atom is -0.397 e. The molecular weight excluding hydrogens is 258 g/mol. The third-order valence-corrected chi connectivity index (χ3v) is 3.87. The van der Waals surface area contributed by atoms with Gasteiger partial charge < -0.3 is 11.1 Å². The number of nitrogens with two attached hydrogens (primary N) is 1. The Balaban J connectivity index is 2.02. The van der Waals surface area contributed by atoms with Crippen LogP contribution in [0.1, 0.15) is 28.9 Å². The van der Waals surface area contributed by atoms with Gasteiger partial charge in [-0.15, -0.1) is 23.7 Å². The summed E-state index contributed by atoms with van der Waals surface area (Å²) in [5.41, 5.74) is 6.48. The Morgan fingerprint density at radius 1 is 1.53 bits per heavy atom.